The van der Waals surface area contributed by atoms with Crippen molar-refractivity contribution in [2.45, 2.75) is 0 Å². The van der Waals surface area contributed by atoms with Gasteiger partial charge in [-0.1, -0.05) is 0 Å². The van der Waals surface area contributed by atoms with Gasteiger partial charge in [0.15, 0.2) is 0 Å². The molecule has 0 saturated carbocycles. The van der Waals surface area contributed by atoms with Crippen molar-refractivity contribution in [2.24, 2.45) is 0 Å². The molecule has 0 heterocycles. The minimum absolute atomic E-state index is 0. The summed E-state index contributed by atoms with van der Waals surface area (Å²) >= 11 is 0. The molecule has 0 atom stereocenters. The van der Waals surface area contributed by atoms with Crippen molar-refractivity contribution < 1.29 is 21.7 Å². The Hall–Kier alpha value is 3.03. The Morgan fingerprint density at radius 3 is 0.222 bits per heavy atom. The first-order valence-electron chi connectivity index (χ1n) is 0. The van der Waals surface area contributed by atoms with Gasteiger partial charge in [0.2, 0.25) is 0 Å². The van der Waals surface area contributed by atoms with E-state index >= 15 is 0 Å². The molecule has 0 bridgehead atoms. The molecular weight excluding hydrogens is 331 g/mol. The smallest absolute Gasteiger partial charge is 0 e. The van der Waals surface area contributed by atoms with Gasteiger partial charge < -0.3 is 0 Å². The molecule has 0 amide bonds. The Balaban J connectivity index is 0. The van der Waals surface area contributed by atoms with Crippen LogP contribution >= 0.6 is 99.3 Å². The van der Waals surface area contributed by atoms with Gasteiger partial charge in [-0.15, -0.1) is 99.3 Å². The Labute approximate surface area is 120 Å². The summed E-state index contributed by atoms with van der Waals surface area (Å²) in [4.78, 5) is 0. The summed E-state index contributed by atoms with van der Waals surface area (Å²) in [7, 11) is 0. The molecule has 9 heteroatoms. The minimum Gasteiger partial charge on any atom is -0.147 e. The molecule has 0 aliphatic rings. The Morgan fingerprint density at radius 2 is 0.222 bits per heavy atom. The number of hydrogen-bond donors (Lipinski definition) is 0. The molecule has 0 aromatic carbocycles. The summed E-state index contributed by atoms with van der Waals surface area (Å²) in [5.41, 5.74) is 0. The van der Waals surface area contributed by atoms with E-state index in [0.29, 0.717) is 0 Å². The Kier molecular flexibility index (Phi) is 2130. The van der Waals surface area contributed by atoms with Gasteiger partial charge in [-0.2, -0.15) is 0 Å². The van der Waals surface area contributed by atoms with Crippen LogP contribution in [0.5, 0.6) is 0 Å². The van der Waals surface area contributed by atoms with E-state index in [1.54, 1.807) is 0 Å². The van der Waals surface area contributed by atoms with Crippen LogP contribution in [0.2, 0.25) is 0 Å². The molecule has 0 nitrogen and oxygen atoms in total. The van der Waals surface area contributed by atoms with Crippen LogP contribution < -0.4 is 0 Å². The topological polar surface area (TPSA) is 0 Å². The van der Waals surface area contributed by atoms with Crippen LogP contribution in [0.4, 0.5) is 0 Å². The van der Waals surface area contributed by atoms with Gasteiger partial charge in [-0.3, -0.25) is 0 Å². The minimum atomic E-state index is 0. The van der Waals surface area contributed by atoms with Gasteiger partial charge in [0.1, 0.15) is 0 Å². The van der Waals surface area contributed by atoms with E-state index in [9.17, 15) is 0 Å². The maximum Gasteiger partial charge on any atom is 0 e. The third kappa shape index (κ3) is 97.8. The van der Waals surface area contributed by atoms with Gasteiger partial charge in [0.05, 0.1) is 0 Å². The second-order valence-electron chi connectivity index (χ2n) is 0. The van der Waals surface area contributed by atoms with Crippen LogP contribution in [0.15, 0.2) is 0 Å². The number of hydrogen-bond acceptors (Lipinski definition) is 0. The van der Waals surface area contributed by atoms with E-state index in [-0.39, 0.29) is 121 Å². The van der Waals surface area contributed by atoms with Crippen molar-refractivity contribution in [1.82, 2.24) is 0 Å². The van der Waals surface area contributed by atoms with Crippen LogP contribution in [-0.2, 0) is 21.7 Å². The Bertz CT molecular complexity index is 4.53. The van der Waals surface area contributed by atoms with Crippen LogP contribution in [0.1, 0.15) is 0 Å². The first-order valence-corrected chi connectivity index (χ1v) is 0. The largest absolute Gasteiger partial charge is 0.147 e. The molecule has 0 fully saturated rings. The molecule has 0 aromatic heterocycles. The maximum atomic E-state index is 0. The predicted molar refractivity (Wildman–Crippen MR) is 58.0 cm³/mol. The molecule has 0 unspecified atom stereocenters. The molecule has 0 aromatic rings. The first kappa shape index (κ1) is 159. The van der Waals surface area contributed by atoms with Gasteiger partial charge in [-0.05, 0) is 0 Å². The zero-order valence-corrected chi connectivity index (χ0v) is 11.9. The average Bonchev–Trinajstić information content (AvgIpc) is 0. The zero-order valence-electron chi connectivity index (χ0n) is 3.77. The van der Waals surface area contributed by atoms with Crippen LogP contribution in [0, 0.1) is 0 Å². The number of rotatable bonds is 0. The van der Waals surface area contributed by atoms with E-state index in [1.807, 2.05) is 0 Å². The van der Waals surface area contributed by atoms with Gasteiger partial charge in [0, 0.05) is 21.7 Å². The van der Waals surface area contributed by atoms with Crippen molar-refractivity contribution >= 4 is 99.3 Å². The zero-order chi connectivity index (χ0) is 0. The SMILES string of the molecule is Cl.Cl.Cl.Cl.Cl.Cl.Cl.Cl.[Ti]. The van der Waals surface area contributed by atoms with E-state index in [4.69, 9.17) is 0 Å². The molecule has 0 aliphatic carbocycles. The van der Waals surface area contributed by atoms with E-state index in [0.717, 1.165) is 0 Å². The first-order chi connectivity index (χ1) is 0. The Morgan fingerprint density at radius 1 is 0.222 bits per heavy atom. The summed E-state index contributed by atoms with van der Waals surface area (Å²) in [5.74, 6) is 0. The van der Waals surface area contributed by atoms with E-state index < -0.39 is 0 Å². The van der Waals surface area contributed by atoms with Crippen molar-refractivity contribution in [3.05, 3.63) is 0 Å². The normalized spacial score (nSPS) is 0. The molecular formula is H8Cl8Ti. The summed E-state index contributed by atoms with van der Waals surface area (Å²) in [6.45, 7) is 0. The monoisotopic (exact) mass is 336 g/mol. The molecule has 0 aliphatic heterocycles. The molecule has 0 saturated heterocycles. The second kappa shape index (κ2) is 121. The predicted octanol–water partition coefficient (Wildman–Crippen LogP) is 3.37. The summed E-state index contributed by atoms with van der Waals surface area (Å²) in [6, 6.07) is 0. The van der Waals surface area contributed by atoms with Crippen molar-refractivity contribution in [1.29, 1.82) is 0 Å². The van der Waals surface area contributed by atoms with E-state index in [1.165, 1.54) is 0 Å². The van der Waals surface area contributed by atoms with Crippen LogP contribution in [0.25, 0.3) is 0 Å². The summed E-state index contributed by atoms with van der Waals surface area (Å²) in [5, 5.41) is 0. The molecule has 0 spiro atoms. The maximum absolute atomic E-state index is 0. The molecule has 0 rings (SSSR count). The third-order valence-corrected chi connectivity index (χ3v) is 0. The molecule has 9 heavy (non-hydrogen) atoms. The molecule has 0 radical (unpaired) electrons. The van der Waals surface area contributed by atoms with Crippen molar-refractivity contribution in [3.63, 3.8) is 0 Å². The van der Waals surface area contributed by atoms with Crippen LogP contribution in [-0.4, -0.2) is 0 Å². The average molecular weight is 340 g/mol. The third-order valence-electron chi connectivity index (χ3n) is 0. The van der Waals surface area contributed by atoms with Gasteiger partial charge in [-0.25, -0.2) is 0 Å². The fourth-order valence-corrected chi connectivity index (χ4v) is 0. The summed E-state index contributed by atoms with van der Waals surface area (Å²) < 4.78 is 0. The summed E-state index contributed by atoms with van der Waals surface area (Å²) in [6.07, 6.45) is 0. The quantitative estimate of drug-likeness (QED) is 0.594. The fourth-order valence-electron chi connectivity index (χ4n) is 0. The van der Waals surface area contributed by atoms with E-state index in [2.05, 4.69) is 0 Å². The van der Waals surface area contributed by atoms with Gasteiger partial charge in [0.25, 0.3) is 0 Å². The fraction of sp³-hybridized carbons (Fsp3) is 0. The van der Waals surface area contributed by atoms with Crippen LogP contribution in [0.3, 0.4) is 0 Å². The molecule has 68 valence electrons. The number of halogens is 8. The van der Waals surface area contributed by atoms with Gasteiger partial charge >= 0.3 is 0 Å². The standard InChI is InChI=1S/8ClH.Ti/h8*1H;. The molecule has 0 N–H and O–H groups in total. The van der Waals surface area contributed by atoms with Crippen molar-refractivity contribution in [2.75, 3.05) is 0 Å². The second-order valence-corrected chi connectivity index (χ2v) is 0. The van der Waals surface area contributed by atoms with Crippen molar-refractivity contribution in [3.8, 4) is 0 Å².